The first-order valence-corrected chi connectivity index (χ1v) is 5.77. The minimum absolute atomic E-state index is 0.0627. The Labute approximate surface area is 101 Å². The first-order valence-electron chi connectivity index (χ1n) is 5.77. The molecule has 17 heavy (non-hydrogen) atoms. The molecular weight excluding hydrogens is 214 g/mol. The Kier molecular flexibility index (Phi) is 3.13. The van der Waals surface area contributed by atoms with E-state index < -0.39 is 0 Å². The van der Waals surface area contributed by atoms with Gasteiger partial charge in [0, 0.05) is 0 Å². The number of para-hydroxylation sites is 2. The fourth-order valence-electron chi connectivity index (χ4n) is 1.40. The van der Waals surface area contributed by atoms with Gasteiger partial charge in [0.2, 0.25) is 0 Å². The third-order valence-corrected chi connectivity index (χ3v) is 2.80. The Balaban J connectivity index is 2.37. The van der Waals surface area contributed by atoms with Gasteiger partial charge in [-0.2, -0.15) is 0 Å². The van der Waals surface area contributed by atoms with Crippen LogP contribution in [0.3, 0.4) is 0 Å². The number of hydrogen-bond donors (Lipinski definition) is 1. The lowest BCUT2D eigenvalue weighted by Crippen LogP contribution is -2.20. The summed E-state index contributed by atoms with van der Waals surface area (Å²) < 4.78 is 5.72. The molecular formula is C13H17N3O. The number of benzene rings is 1. The predicted molar refractivity (Wildman–Crippen MR) is 68.9 cm³/mol. The molecule has 0 aliphatic rings. The van der Waals surface area contributed by atoms with Gasteiger partial charge >= 0.3 is 0 Å². The first kappa shape index (κ1) is 11.6. The summed E-state index contributed by atoms with van der Waals surface area (Å²) in [5.74, 6) is 1.17. The topological polar surface area (TPSA) is 61.0 Å². The number of nitrogens with two attached hydrogens (primary N) is 1. The Morgan fingerprint density at radius 3 is 2.24 bits per heavy atom. The van der Waals surface area contributed by atoms with Crippen LogP contribution in [0, 0.1) is 5.92 Å². The molecule has 0 radical (unpaired) electrons. The van der Waals surface area contributed by atoms with E-state index in [1.807, 2.05) is 31.2 Å². The largest absolute Gasteiger partial charge is 0.472 e. The lowest BCUT2D eigenvalue weighted by Gasteiger charge is -2.18. The molecule has 0 amide bonds. The molecule has 1 heterocycles. The highest BCUT2D eigenvalue weighted by Crippen LogP contribution is 2.22. The maximum Gasteiger partial charge on any atom is 0.258 e. The molecule has 0 bridgehead atoms. The van der Waals surface area contributed by atoms with Crippen molar-refractivity contribution in [3.63, 3.8) is 0 Å². The van der Waals surface area contributed by atoms with Crippen molar-refractivity contribution < 1.29 is 4.74 Å². The standard InChI is InChI=1S/C13H17N3O/c1-8(2)9(3)17-13-12(14)15-10-6-4-5-7-11(10)16-13/h4-9H,1-3H3,(H2,14,15). The summed E-state index contributed by atoms with van der Waals surface area (Å²) in [6.45, 7) is 6.19. The zero-order valence-corrected chi connectivity index (χ0v) is 10.3. The number of anilines is 1. The van der Waals surface area contributed by atoms with Crippen LogP contribution in [0.1, 0.15) is 20.8 Å². The van der Waals surface area contributed by atoms with Crippen LogP contribution in [0.25, 0.3) is 11.0 Å². The number of fused-ring (bicyclic) bond motifs is 1. The summed E-state index contributed by atoms with van der Waals surface area (Å²) in [5.41, 5.74) is 7.42. The van der Waals surface area contributed by atoms with Crippen molar-refractivity contribution >= 4 is 16.9 Å². The monoisotopic (exact) mass is 231 g/mol. The molecule has 90 valence electrons. The van der Waals surface area contributed by atoms with E-state index in [1.165, 1.54) is 0 Å². The summed E-state index contributed by atoms with van der Waals surface area (Å²) in [5, 5.41) is 0. The van der Waals surface area contributed by atoms with Crippen LogP contribution >= 0.6 is 0 Å². The molecule has 1 aromatic carbocycles. The second kappa shape index (κ2) is 4.57. The van der Waals surface area contributed by atoms with Crippen molar-refractivity contribution in [1.29, 1.82) is 0 Å². The van der Waals surface area contributed by atoms with Gasteiger partial charge in [0.15, 0.2) is 5.82 Å². The van der Waals surface area contributed by atoms with E-state index in [1.54, 1.807) is 0 Å². The highest BCUT2D eigenvalue weighted by atomic mass is 16.5. The summed E-state index contributed by atoms with van der Waals surface area (Å²) in [4.78, 5) is 8.67. The number of rotatable bonds is 3. The van der Waals surface area contributed by atoms with Gasteiger partial charge < -0.3 is 10.5 Å². The molecule has 2 aromatic rings. The summed E-state index contributed by atoms with van der Waals surface area (Å²) >= 11 is 0. The van der Waals surface area contributed by atoms with E-state index >= 15 is 0 Å². The molecule has 1 aromatic heterocycles. The third-order valence-electron chi connectivity index (χ3n) is 2.80. The van der Waals surface area contributed by atoms with Gasteiger partial charge in [-0.25, -0.2) is 9.97 Å². The number of aromatic nitrogens is 2. The summed E-state index contributed by atoms with van der Waals surface area (Å²) in [7, 11) is 0. The molecule has 0 saturated carbocycles. The Hall–Kier alpha value is -1.84. The number of nitrogens with zero attached hydrogens (tertiary/aromatic N) is 2. The van der Waals surface area contributed by atoms with Gasteiger partial charge in [-0.15, -0.1) is 0 Å². The van der Waals surface area contributed by atoms with Crippen LogP contribution in [0.5, 0.6) is 5.88 Å². The van der Waals surface area contributed by atoms with E-state index in [-0.39, 0.29) is 6.10 Å². The Morgan fingerprint density at radius 1 is 1.06 bits per heavy atom. The van der Waals surface area contributed by atoms with Gasteiger partial charge in [-0.05, 0) is 25.0 Å². The van der Waals surface area contributed by atoms with Crippen LogP contribution in [0.4, 0.5) is 5.82 Å². The normalized spacial score (nSPS) is 12.9. The first-order chi connectivity index (χ1) is 8.08. The smallest absolute Gasteiger partial charge is 0.258 e. The van der Waals surface area contributed by atoms with Gasteiger partial charge in [-0.1, -0.05) is 26.0 Å². The van der Waals surface area contributed by atoms with Crippen molar-refractivity contribution in [2.24, 2.45) is 5.92 Å². The van der Waals surface area contributed by atoms with Gasteiger partial charge in [0.05, 0.1) is 11.0 Å². The van der Waals surface area contributed by atoms with Crippen LogP contribution in [-0.4, -0.2) is 16.1 Å². The average molecular weight is 231 g/mol. The Bertz CT molecular complexity index is 525. The SMILES string of the molecule is CC(C)C(C)Oc1nc2ccccc2nc1N. The van der Waals surface area contributed by atoms with E-state index in [0.717, 1.165) is 11.0 Å². The van der Waals surface area contributed by atoms with Crippen molar-refractivity contribution in [1.82, 2.24) is 9.97 Å². The molecule has 2 rings (SSSR count). The maximum atomic E-state index is 5.84. The van der Waals surface area contributed by atoms with E-state index in [9.17, 15) is 0 Å². The highest BCUT2D eigenvalue weighted by Gasteiger charge is 2.13. The summed E-state index contributed by atoms with van der Waals surface area (Å²) in [6.07, 6.45) is 0.0627. The van der Waals surface area contributed by atoms with Crippen molar-refractivity contribution in [3.8, 4) is 5.88 Å². The zero-order valence-electron chi connectivity index (χ0n) is 10.3. The lowest BCUT2D eigenvalue weighted by atomic mass is 10.1. The average Bonchev–Trinajstić information content (AvgIpc) is 2.29. The van der Waals surface area contributed by atoms with Crippen molar-refractivity contribution in [3.05, 3.63) is 24.3 Å². The second-order valence-electron chi connectivity index (χ2n) is 4.47. The number of nitrogen functional groups attached to an aromatic ring is 1. The zero-order chi connectivity index (χ0) is 12.4. The maximum absolute atomic E-state index is 5.84. The molecule has 0 aliphatic carbocycles. The number of hydrogen-bond acceptors (Lipinski definition) is 4. The quantitative estimate of drug-likeness (QED) is 0.882. The molecule has 1 atom stereocenters. The molecule has 2 N–H and O–H groups in total. The molecule has 4 heteroatoms. The van der Waals surface area contributed by atoms with Crippen LogP contribution in [0.2, 0.25) is 0 Å². The lowest BCUT2D eigenvalue weighted by molar-refractivity contribution is 0.164. The van der Waals surface area contributed by atoms with E-state index in [2.05, 4.69) is 23.8 Å². The van der Waals surface area contributed by atoms with Crippen LogP contribution in [0.15, 0.2) is 24.3 Å². The molecule has 0 spiro atoms. The fourth-order valence-corrected chi connectivity index (χ4v) is 1.40. The third kappa shape index (κ3) is 2.46. The Morgan fingerprint density at radius 2 is 1.65 bits per heavy atom. The van der Waals surface area contributed by atoms with Gasteiger partial charge in [0.1, 0.15) is 6.10 Å². The van der Waals surface area contributed by atoms with Crippen LogP contribution in [-0.2, 0) is 0 Å². The van der Waals surface area contributed by atoms with Crippen LogP contribution < -0.4 is 10.5 Å². The van der Waals surface area contributed by atoms with Gasteiger partial charge in [0.25, 0.3) is 5.88 Å². The van der Waals surface area contributed by atoms with E-state index in [0.29, 0.717) is 17.6 Å². The molecule has 1 unspecified atom stereocenters. The molecule has 0 fully saturated rings. The fraction of sp³-hybridized carbons (Fsp3) is 0.385. The predicted octanol–water partition coefficient (Wildman–Crippen LogP) is 2.64. The molecule has 0 saturated heterocycles. The van der Waals surface area contributed by atoms with E-state index in [4.69, 9.17) is 10.5 Å². The highest BCUT2D eigenvalue weighted by molar-refractivity contribution is 5.76. The summed E-state index contributed by atoms with van der Waals surface area (Å²) in [6, 6.07) is 7.61. The molecule has 4 nitrogen and oxygen atoms in total. The number of ether oxygens (including phenoxy) is 1. The second-order valence-corrected chi connectivity index (χ2v) is 4.47. The van der Waals surface area contributed by atoms with Crippen molar-refractivity contribution in [2.75, 3.05) is 5.73 Å². The molecule has 0 aliphatic heterocycles. The van der Waals surface area contributed by atoms with Crippen molar-refractivity contribution in [2.45, 2.75) is 26.9 Å². The minimum atomic E-state index is 0.0627. The minimum Gasteiger partial charge on any atom is -0.472 e. The van der Waals surface area contributed by atoms with Gasteiger partial charge in [-0.3, -0.25) is 0 Å².